The zero-order valence-electron chi connectivity index (χ0n) is 9.43. The Morgan fingerprint density at radius 2 is 2.31 bits per heavy atom. The van der Waals surface area contributed by atoms with Crippen molar-refractivity contribution in [3.8, 4) is 0 Å². The van der Waals surface area contributed by atoms with E-state index in [4.69, 9.17) is 0 Å². The van der Waals surface area contributed by atoms with Crippen LogP contribution >= 0.6 is 11.9 Å². The Morgan fingerprint density at radius 3 is 2.94 bits per heavy atom. The van der Waals surface area contributed by atoms with Crippen molar-refractivity contribution in [2.24, 2.45) is 0 Å². The first-order valence-electron chi connectivity index (χ1n) is 4.96. The molecule has 1 aliphatic rings. The summed E-state index contributed by atoms with van der Waals surface area (Å²) in [5.74, 6) is 0.860. The van der Waals surface area contributed by atoms with Gasteiger partial charge in [0.2, 0.25) is 5.16 Å². The highest BCUT2D eigenvalue weighted by molar-refractivity contribution is 8.04. The number of rotatable bonds is 2. The molecule has 1 unspecified atom stereocenters. The Hall–Kier alpha value is -0.880. The fourth-order valence-corrected chi connectivity index (χ4v) is 2.79. The fraction of sp³-hybridized carbons (Fsp3) is 0.400. The van der Waals surface area contributed by atoms with Crippen LogP contribution in [0.2, 0.25) is 0 Å². The van der Waals surface area contributed by atoms with Crippen LogP contribution in [0.15, 0.2) is 16.3 Å². The van der Waals surface area contributed by atoms with Gasteiger partial charge in [-0.3, -0.25) is 8.51 Å². The van der Waals surface area contributed by atoms with E-state index in [1.807, 2.05) is 0 Å². The number of anilines is 1. The van der Waals surface area contributed by atoms with Crippen molar-refractivity contribution in [2.75, 3.05) is 17.1 Å². The summed E-state index contributed by atoms with van der Waals surface area (Å²) in [4.78, 5) is 9.66. The Balaban J connectivity index is 2.51. The lowest BCUT2D eigenvalue weighted by Gasteiger charge is -2.26. The highest BCUT2D eigenvalue weighted by atomic mass is 32.2. The van der Waals surface area contributed by atoms with E-state index < -0.39 is 10.8 Å². The second-order valence-corrected chi connectivity index (χ2v) is 5.97. The molecular formula is C10H13N3OS2. The van der Waals surface area contributed by atoms with Gasteiger partial charge in [-0.2, -0.15) is 0 Å². The SMILES string of the molecule is CCN1SC(C)=Cc2cnc(S(C)=O)nc21. The van der Waals surface area contributed by atoms with Crippen LogP contribution in [-0.2, 0) is 10.8 Å². The standard InChI is InChI=1S/C10H13N3OS2/c1-4-13-9-8(5-7(2)15-13)6-11-10(12-9)16(3)14/h5-6H,4H2,1-3H3. The second kappa shape index (κ2) is 4.55. The molecule has 0 aromatic carbocycles. The molecular weight excluding hydrogens is 242 g/mol. The zero-order chi connectivity index (χ0) is 11.7. The molecule has 2 rings (SSSR count). The molecule has 0 saturated heterocycles. The number of aromatic nitrogens is 2. The predicted molar refractivity (Wildman–Crippen MR) is 68.6 cm³/mol. The number of nitrogens with zero attached hydrogens (tertiary/aromatic N) is 3. The van der Waals surface area contributed by atoms with Gasteiger partial charge in [-0.1, -0.05) is 0 Å². The van der Waals surface area contributed by atoms with Crippen LogP contribution in [0.25, 0.3) is 6.08 Å². The van der Waals surface area contributed by atoms with E-state index >= 15 is 0 Å². The van der Waals surface area contributed by atoms with Gasteiger partial charge in [0.05, 0.1) is 10.8 Å². The average Bonchev–Trinajstić information content (AvgIpc) is 2.27. The van der Waals surface area contributed by atoms with Crippen molar-refractivity contribution in [3.05, 3.63) is 16.7 Å². The molecule has 16 heavy (non-hydrogen) atoms. The van der Waals surface area contributed by atoms with E-state index in [-0.39, 0.29) is 0 Å². The van der Waals surface area contributed by atoms with Crippen molar-refractivity contribution in [1.29, 1.82) is 0 Å². The number of hydrogen-bond donors (Lipinski definition) is 0. The summed E-state index contributed by atoms with van der Waals surface area (Å²) in [5, 5.41) is 0.394. The van der Waals surface area contributed by atoms with Gasteiger partial charge in [-0.05, 0) is 31.9 Å². The van der Waals surface area contributed by atoms with Gasteiger partial charge < -0.3 is 0 Å². The van der Waals surface area contributed by atoms with E-state index in [9.17, 15) is 4.21 Å². The summed E-state index contributed by atoms with van der Waals surface area (Å²) in [5.41, 5.74) is 0.993. The van der Waals surface area contributed by atoms with Crippen LogP contribution in [0.5, 0.6) is 0 Å². The van der Waals surface area contributed by atoms with E-state index in [0.29, 0.717) is 5.16 Å². The molecule has 0 bridgehead atoms. The Morgan fingerprint density at radius 1 is 1.56 bits per heavy atom. The first-order chi connectivity index (χ1) is 7.61. The third-order valence-corrected chi connectivity index (χ3v) is 3.94. The van der Waals surface area contributed by atoms with E-state index in [2.05, 4.69) is 34.2 Å². The number of hydrogen-bond acceptors (Lipinski definition) is 5. The van der Waals surface area contributed by atoms with Gasteiger partial charge in [0, 0.05) is 29.5 Å². The molecule has 0 saturated carbocycles. The minimum atomic E-state index is -1.13. The molecule has 0 amide bonds. The number of allylic oxidation sites excluding steroid dienone is 1. The molecule has 0 fully saturated rings. The Kier molecular flexibility index (Phi) is 3.30. The third kappa shape index (κ3) is 2.12. The lowest BCUT2D eigenvalue weighted by atomic mass is 10.3. The van der Waals surface area contributed by atoms with Gasteiger partial charge in [-0.15, -0.1) is 0 Å². The Labute approximate surface area is 102 Å². The minimum Gasteiger partial charge on any atom is -0.296 e. The predicted octanol–water partition coefficient (Wildman–Crippen LogP) is 2.06. The molecule has 0 aliphatic carbocycles. The third-order valence-electron chi connectivity index (χ3n) is 2.17. The monoisotopic (exact) mass is 255 g/mol. The highest BCUT2D eigenvalue weighted by Crippen LogP contribution is 2.35. The molecule has 1 aromatic rings. The van der Waals surface area contributed by atoms with Crippen LogP contribution < -0.4 is 4.31 Å². The lowest BCUT2D eigenvalue weighted by molar-refractivity contribution is 0.679. The highest BCUT2D eigenvalue weighted by Gasteiger charge is 2.19. The lowest BCUT2D eigenvalue weighted by Crippen LogP contribution is -2.19. The van der Waals surface area contributed by atoms with E-state index in [1.165, 1.54) is 4.91 Å². The second-order valence-electron chi connectivity index (χ2n) is 3.43. The molecule has 6 heteroatoms. The Bertz CT molecular complexity index is 473. The molecule has 0 N–H and O–H groups in total. The summed E-state index contributed by atoms with van der Waals surface area (Å²) in [7, 11) is -1.13. The van der Waals surface area contributed by atoms with Gasteiger partial charge in [0.25, 0.3) is 0 Å². The summed E-state index contributed by atoms with van der Waals surface area (Å²) >= 11 is 1.65. The molecule has 1 aromatic heterocycles. The molecule has 1 atom stereocenters. The minimum absolute atomic E-state index is 0.394. The van der Waals surface area contributed by atoms with E-state index in [1.54, 1.807) is 24.4 Å². The maximum absolute atomic E-state index is 11.3. The fourth-order valence-electron chi connectivity index (χ4n) is 1.48. The largest absolute Gasteiger partial charge is 0.296 e. The normalized spacial score (nSPS) is 16.7. The summed E-state index contributed by atoms with van der Waals surface area (Å²) in [6, 6.07) is 0. The number of fused-ring (bicyclic) bond motifs is 1. The van der Waals surface area contributed by atoms with Gasteiger partial charge in [0.15, 0.2) is 5.82 Å². The van der Waals surface area contributed by atoms with Crippen LogP contribution in [0.3, 0.4) is 0 Å². The van der Waals surface area contributed by atoms with Gasteiger partial charge in [0.1, 0.15) is 0 Å². The quantitative estimate of drug-likeness (QED) is 0.598. The van der Waals surface area contributed by atoms with Crippen molar-refractivity contribution in [3.63, 3.8) is 0 Å². The maximum Gasteiger partial charge on any atom is 0.220 e. The smallest absolute Gasteiger partial charge is 0.220 e. The average molecular weight is 255 g/mol. The molecule has 0 spiro atoms. The van der Waals surface area contributed by atoms with Crippen molar-refractivity contribution >= 4 is 34.6 Å². The van der Waals surface area contributed by atoms with Crippen molar-refractivity contribution in [2.45, 2.75) is 19.0 Å². The van der Waals surface area contributed by atoms with Crippen molar-refractivity contribution < 1.29 is 4.21 Å². The van der Waals surface area contributed by atoms with Gasteiger partial charge in [-0.25, -0.2) is 9.97 Å². The first kappa shape index (κ1) is 11.6. The van der Waals surface area contributed by atoms with Crippen molar-refractivity contribution in [1.82, 2.24) is 9.97 Å². The van der Waals surface area contributed by atoms with Gasteiger partial charge >= 0.3 is 0 Å². The van der Waals surface area contributed by atoms with Crippen LogP contribution in [0.1, 0.15) is 19.4 Å². The molecule has 1 aliphatic heterocycles. The first-order valence-corrected chi connectivity index (χ1v) is 7.29. The zero-order valence-corrected chi connectivity index (χ0v) is 11.1. The molecule has 86 valence electrons. The van der Waals surface area contributed by atoms with Crippen LogP contribution in [-0.4, -0.2) is 27.0 Å². The topological polar surface area (TPSA) is 46.1 Å². The molecule has 4 nitrogen and oxygen atoms in total. The molecule has 0 radical (unpaired) electrons. The maximum atomic E-state index is 11.3. The summed E-state index contributed by atoms with van der Waals surface area (Å²) < 4.78 is 13.4. The van der Waals surface area contributed by atoms with Crippen LogP contribution in [0.4, 0.5) is 5.82 Å². The van der Waals surface area contributed by atoms with E-state index in [0.717, 1.165) is 17.9 Å². The molecule has 2 heterocycles. The summed E-state index contributed by atoms with van der Waals surface area (Å²) in [6.45, 7) is 4.98. The summed E-state index contributed by atoms with van der Waals surface area (Å²) in [6.07, 6.45) is 5.38. The van der Waals surface area contributed by atoms with Crippen LogP contribution in [0, 0.1) is 0 Å².